The van der Waals surface area contributed by atoms with Crippen molar-refractivity contribution in [1.29, 1.82) is 0 Å². The first kappa shape index (κ1) is 17.5. The average molecular weight is 343 g/mol. The summed E-state index contributed by atoms with van der Waals surface area (Å²) < 4.78 is 7.64. The van der Waals surface area contributed by atoms with E-state index in [2.05, 4.69) is 20.4 Å². The summed E-state index contributed by atoms with van der Waals surface area (Å²) in [6, 6.07) is 1.92. The van der Waals surface area contributed by atoms with E-state index in [-0.39, 0.29) is 11.5 Å². The van der Waals surface area contributed by atoms with Crippen molar-refractivity contribution >= 4 is 5.91 Å². The van der Waals surface area contributed by atoms with Gasteiger partial charge in [0.2, 0.25) is 5.91 Å². The van der Waals surface area contributed by atoms with Gasteiger partial charge in [0, 0.05) is 50.3 Å². The number of carbonyl (C=O) groups excluding carboxylic acids is 1. The van der Waals surface area contributed by atoms with Crippen LogP contribution in [-0.2, 0) is 28.2 Å². The van der Waals surface area contributed by atoms with Crippen molar-refractivity contribution in [1.82, 2.24) is 25.1 Å². The van der Waals surface area contributed by atoms with E-state index >= 15 is 0 Å². The minimum Gasteiger partial charge on any atom is -0.367 e. The number of amides is 1. The van der Waals surface area contributed by atoms with Gasteiger partial charge in [-0.3, -0.25) is 9.48 Å². The standard InChI is InChI=1S/C18H25N5O2/c1-14-5-8-23(22-14)9-6-16(24)19-11-15-12-20-17(21-13-15)18(2)7-3-4-10-25-18/h5,8,12-13H,3-4,6-7,9-11H2,1-2H3,(H,19,24)/t18-/m0/s1. The van der Waals surface area contributed by atoms with E-state index in [9.17, 15) is 4.79 Å². The first-order valence-corrected chi connectivity index (χ1v) is 8.77. The van der Waals surface area contributed by atoms with Gasteiger partial charge in [-0.25, -0.2) is 9.97 Å². The Labute approximate surface area is 147 Å². The van der Waals surface area contributed by atoms with Gasteiger partial charge in [-0.15, -0.1) is 0 Å². The van der Waals surface area contributed by atoms with Crippen molar-refractivity contribution in [3.63, 3.8) is 0 Å². The molecule has 1 saturated heterocycles. The lowest BCUT2D eigenvalue weighted by atomic mass is 9.95. The summed E-state index contributed by atoms with van der Waals surface area (Å²) in [6.45, 7) is 5.73. The Morgan fingerprint density at radius 3 is 2.80 bits per heavy atom. The molecule has 0 unspecified atom stereocenters. The van der Waals surface area contributed by atoms with Crippen molar-refractivity contribution in [3.8, 4) is 0 Å². The van der Waals surface area contributed by atoms with Crippen LogP contribution in [-0.4, -0.2) is 32.3 Å². The molecule has 0 radical (unpaired) electrons. The number of carbonyl (C=O) groups is 1. The zero-order valence-corrected chi connectivity index (χ0v) is 14.9. The highest BCUT2D eigenvalue weighted by Gasteiger charge is 2.32. The van der Waals surface area contributed by atoms with E-state index < -0.39 is 0 Å². The van der Waals surface area contributed by atoms with Crippen LogP contribution < -0.4 is 5.32 Å². The number of nitrogens with one attached hydrogen (secondary N) is 1. The lowest BCUT2D eigenvalue weighted by Crippen LogP contribution is -2.32. The first-order chi connectivity index (χ1) is 12.0. The second kappa shape index (κ2) is 7.74. The molecule has 25 heavy (non-hydrogen) atoms. The molecule has 1 aliphatic heterocycles. The minimum atomic E-state index is -0.387. The molecule has 0 spiro atoms. The summed E-state index contributed by atoms with van der Waals surface area (Å²) in [5, 5.41) is 7.16. The lowest BCUT2D eigenvalue weighted by Gasteiger charge is -2.32. The fraction of sp³-hybridized carbons (Fsp3) is 0.556. The molecule has 1 amide bonds. The molecule has 1 N–H and O–H groups in total. The summed E-state index contributed by atoms with van der Waals surface area (Å²) >= 11 is 0. The van der Waals surface area contributed by atoms with Crippen molar-refractivity contribution in [2.75, 3.05) is 6.61 Å². The van der Waals surface area contributed by atoms with Gasteiger partial charge in [0.05, 0.1) is 5.69 Å². The molecule has 0 aliphatic carbocycles. The van der Waals surface area contributed by atoms with Crippen molar-refractivity contribution < 1.29 is 9.53 Å². The van der Waals surface area contributed by atoms with Gasteiger partial charge in [-0.2, -0.15) is 5.10 Å². The monoisotopic (exact) mass is 343 g/mol. The van der Waals surface area contributed by atoms with E-state index in [0.29, 0.717) is 19.5 Å². The van der Waals surface area contributed by atoms with E-state index in [1.54, 1.807) is 17.1 Å². The lowest BCUT2D eigenvalue weighted by molar-refractivity contribution is -0.121. The third kappa shape index (κ3) is 4.63. The topological polar surface area (TPSA) is 81.9 Å². The zero-order valence-electron chi connectivity index (χ0n) is 14.9. The summed E-state index contributed by atoms with van der Waals surface area (Å²) in [4.78, 5) is 20.8. The normalized spacial score (nSPS) is 20.4. The van der Waals surface area contributed by atoms with Gasteiger partial charge >= 0.3 is 0 Å². The second-order valence-corrected chi connectivity index (χ2v) is 6.70. The predicted octanol–water partition coefficient (Wildman–Crippen LogP) is 2.10. The SMILES string of the molecule is Cc1ccn(CCC(=O)NCc2cnc([C@]3(C)CCCCO3)nc2)n1. The average Bonchev–Trinajstić information content (AvgIpc) is 3.04. The summed E-state index contributed by atoms with van der Waals surface area (Å²) in [5.41, 5.74) is 1.45. The maximum Gasteiger partial charge on any atom is 0.222 e. The number of ether oxygens (including phenoxy) is 1. The van der Waals surface area contributed by atoms with Crippen LogP contribution in [0, 0.1) is 6.92 Å². The summed E-state index contributed by atoms with van der Waals surface area (Å²) in [5.74, 6) is 0.705. The molecule has 0 aromatic carbocycles. The molecule has 3 rings (SSSR count). The maximum atomic E-state index is 11.9. The van der Waals surface area contributed by atoms with Gasteiger partial charge in [0.1, 0.15) is 5.60 Å². The van der Waals surface area contributed by atoms with E-state index in [0.717, 1.165) is 43.0 Å². The van der Waals surface area contributed by atoms with Crippen molar-refractivity contribution in [3.05, 3.63) is 41.7 Å². The van der Waals surface area contributed by atoms with E-state index in [4.69, 9.17) is 4.74 Å². The van der Waals surface area contributed by atoms with Crippen LogP contribution in [0.25, 0.3) is 0 Å². The molecule has 2 aromatic heterocycles. The Bertz CT molecular complexity index is 705. The van der Waals surface area contributed by atoms with Gasteiger partial charge < -0.3 is 10.1 Å². The highest BCUT2D eigenvalue weighted by atomic mass is 16.5. The van der Waals surface area contributed by atoms with Gasteiger partial charge in [0.25, 0.3) is 0 Å². The van der Waals surface area contributed by atoms with Gasteiger partial charge in [-0.1, -0.05) is 0 Å². The fourth-order valence-corrected chi connectivity index (χ4v) is 2.92. The molecule has 134 valence electrons. The minimum absolute atomic E-state index is 0.0141. The summed E-state index contributed by atoms with van der Waals surface area (Å²) in [6.07, 6.45) is 8.97. The quantitative estimate of drug-likeness (QED) is 0.868. The third-order valence-electron chi connectivity index (χ3n) is 4.48. The number of rotatable bonds is 6. The molecule has 1 fully saturated rings. The molecule has 7 nitrogen and oxygen atoms in total. The van der Waals surface area contributed by atoms with E-state index in [1.165, 1.54) is 0 Å². The molecule has 0 saturated carbocycles. The van der Waals surface area contributed by atoms with Crippen molar-refractivity contribution in [2.45, 2.75) is 58.2 Å². The van der Waals surface area contributed by atoms with Crippen LogP contribution in [0.1, 0.15) is 49.7 Å². The molecule has 1 aliphatic rings. The Kier molecular flexibility index (Phi) is 5.43. The molecule has 2 aromatic rings. The third-order valence-corrected chi connectivity index (χ3v) is 4.48. The molecule has 7 heteroatoms. The molecular formula is C18H25N5O2. The Morgan fingerprint density at radius 1 is 1.36 bits per heavy atom. The highest BCUT2D eigenvalue weighted by molar-refractivity contribution is 5.75. The van der Waals surface area contributed by atoms with Crippen LogP contribution in [0.15, 0.2) is 24.7 Å². The van der Waals surface area contributed by atoms with Crippen LogP contribution >= 0.6 is 0 Å². The molecule has 0 bridgehead atoms. The maximum absolute atomic E-state index is 11.9. The van der Waals surface area contributed by atoms with Gasteiger partial charge in [-0.05, 0) is 39.2 Å². The largest absolute Gasteiger partial charge is 0.367 e. The number of hydrogen-bond donors (Lipinski definition) is 1. The molecule has 1 atom stereocenters. The summed E-state index contributed by atoms with van der Waals surface area (Å²) in [7, 11) is 0. The second-order valence-electron chi connectivity index (χ2n) is 6.70. The predicted molar refractivity (Wildman–Crippen MR) is 92.6 cm³/mol. The number of hydrogen-bond acceptors (Lipinski definition) is 5. The Morgan fingerprint density at radius 2 is 2.16 bits per heavy atom. The molecular weight excluding hydrogens is 318 g/mol. The first-order valence-electron chi connectivity index (χ1n) is 8.77. The van der Waals surface area contributed by atoms with Crippen LogP contribution in [0.4, 0.5) is 0 Å². The van der Waals surface area contributed by atoms with Crippen molar-refractivity contribution in [2.24, 2.45) is 0 Å². The number of aromatic nitrogens is 4. The van der Waals surface area contributed by atoms with Crippen LogP contribution in [0.2, 0.25) is 0 Å². The number of aryl methyl sites for hydroxylation is 2. The van der Waals surface area contributed by atoms with E-state index in [1.807, 2.05) is 26.1 Å². The van der Waals surface area contributed by atoms with Gasteiger partial charge in [0.15, 0.2) is 5.82 Å². The highest BCUT2D eigenvalue weighted by Crippen LogP contribution is 2.32. The van der Waals surface area contributed by atoms with Crippen LogP contribution in [0.5, 0.6) is 0 Å². The fourth-order valence-electron chi connectivity index (χ4n) is 2.92. The van der Waals surface area contributed by atoms with Crippen LogP contribution in [0.3, 0.4) is 0 Å². The number of nitrogens with zero attached hydrogens (tertiary/aromatic N) is 4. The Balaban J connectivity index is 1.47. The Hall–Kier alpha value is -2.28. The smallest absolute Gasteiger partial charge is 0.222 e. The molecule has 3 heterocycles. The zero-order chi connectivity index (χ0) is 17.7.